The first-order valence-electron chi connectivity index (χ1n) is 11.0. The summed E-state index contributed by atoms with van der Waals surface area (Å²) in [6.07, 6.45) is 1.35. The maximum atomic E-state index is 13.5. The van der Waals surface area contributed by atoms with Crippen molar-refractivity contribution in [1.82, 2.24) is 10.3 Å². The zero-order valence-electron chi connectivity index (χ0n) is 19.9. The smallest absolute Gasteiger partial charge is 0.337 e. The minimum Gasteiger partial charge on any atom is -0.493 e. The fraction of sp³-hybridized carbons (Fsp3) is 0.346. The highest BCUT2D eigenvalue weighted by Gasteiger charge is 2.43. The summed E-state index contributed by atoms with van der Waals surface area (Å²) in [6, 6.07) is 7.23. The number of benzene rings is 1. The number of carbonyl (C=O) groups is 2. The predicted octanol–water partition coefficient (Wildman–Crippen LogP) is 3.42. The van der Waals surface area contributed by atoms with E-state index in [1.54, 1.807) is 6.07 Å². The lowest BCUT2D eigenvalue weighted by Crippen LogP contribution is -2.38. The molecule has 0 saturated carbocycles. The number of ether oxygens (including phenoxy) is 3. The number of methoxy groups -OCH3 is 2. The Morgan fingerprint density at radius 2 is 1.91 bits per heavy atom. The average molecular weight is 465 g/mol. The zero-order valence-corrected chi connectivity index (χ0v) is 19.9. The van der Waals surface area contributed by atoms with Crippen LogP contribution in [0.1, 0.15) is 46.3 Å². The van der Waals surface area contributed by atoms with E-state index in [4.69, 9.17) is 14.2 Å². The quantitative estimate of drug-likeness (QED) is 0.649. The van der Waals surface area contributed by atoms with Crippen molar-refractivity contribution in [2.75, 3.05) is 20.8 Å². The second-order valence-electron chi connectivity index (χ2n) is 8.62. The lowest BCUT2D eigenvalue weighted by Gasteiger charge is -2.37. The lowest BCUT2D eigenvalue weighted by atomic mass is 9.78. The molecule has 2 atom stereocenters. The van der Waals surface area contributed by atoms with E-state index in [1.165, 1.54) is 26.5 Å². The summed E-state index contributed by atoms with van der Waals surface area (Å²) in [6.45, 7) is 6.16. The molecule has 0 radical (unpaired) electrons. The number of dihydropyridines is 1. The Kier molecular flexibility index (Phi) is 6.43. The van der Waals surface area contributed by atoms with Crippen LogP contribution >= 0.6 is 0 Å². The number of aromatic nitrogens is 1. The molecule has 2 aliphatic heterocycles. The van der Waals surface area contributed by atoms with Crippen LogP contribution in [0.15, 0.2) is 53.0 Å². The molecule has 1 aromatic carbocycles. The molecule has 2 aromatic rings. The van der Waals surface area contributed by atoms with Crippen molar-refractivity contribution >= 4 is 11.9 Å². The summed E-state index contributed by atoms with van der Waals surface area (Å²) in [7, 11) is 2.81. The van der Waals surface area contributed by atoms with E-state index >= 15 is 0 Å². The zero-order chi connectivity index (χ0) is 24.6. The highest BCUT2D eigenvalue weighted by Crippen LogP contribution is 2.46. The number of carbonyl (C=O) groups excluding carboxylic acids is 2. The number of rotatable bonds is 5. The van der Waals surface area contributed by atoms with Gasteiger partial charge in [0, 0.05) is 31.5 Å². The van der Waals surface area contributed by atoms with E-state index < -0.39 is 24.0 Å². The Balaban J connectivity index is 1.87. The minimum absolute atomic E-state index is 0.108. The van der Waals surface area contributed by atoms with Gasteiger partial charge in [0.1, 0.15) is 6.10 Å². The SMILES string of the molecule is COCC1=C(C(=O)OC)C(c2ccnc(O)c2)C2=C(CC(c3c(C)cc(C)cc3C)OC2=O)N1. The molecule has 0 saturated heterocycles. The summed E-state index contributed by atoms with van der Waals surface area (Å²) < 4.78 is 16.4. The maximum absolute atomic E-state index is 13.5. The van der Waals surface area contributed by atoms with Crippen LogP contribution in [-0.2, 0) is 23.8 Å². The van der Waals surface area contributed by atoms with Crippen LogP contribution in [0.2, 0.25) is 0 Å². The first-order valence-corrected chi connectivity index (χ1v) is 11.0. The van der Waals surface area contributed by atoms with Crippen LogP contribution in [0, 0.1) is 20.8 Å². The molecule has 0 amide bonds. The Bertz CT molecular complexity index is 1210. The van der Waals surface area contributed by atoms with Crippen molar-refractivity contribution in [3.63, 3.8) is 0 Å². The summed E-state index contributed by atoms with van der Waals surface area (Å²) in [4.78, 5) is 30.2. The number of nitrogens with one attached hydrogen (secondary N) is 1. The van der Waals surface area contributed by atoms with E-state index in [-0.39, 0.29) is 18.1 Å². The third-order valence-corrected chi connectivity index (χ3v) is 6.24. The highest BCUT2D eigenvalue weighted by molar-refractivity contribution is 6.00. The number of hydrogen-bond donors (Lipinski definition) is 2. The van der Waals surface area contributed by atoms with Crippen molar-refractivity contribution in [1.29, 1.82) is 0 Å². The van der Waals surface area contributed by atoms with Crippen LogP contribution in [0.5, 0.6) is 5.88 Å². The van der Waals surface area contributed by atoms with Gasteiger partial charge in [0.15, 0.2) is 0 Å². The molecule has 2 N–H and O–H groups in total. The van der Waals surface area contributed by atoms with Crippen molar-refractivity contribution < 1.29 is 28.9 Å². The summed E-state index contributed by atoms with van der Waals surface area (Å²) in [5.74, 6) is -2.16. The number of hydrogen-bond acceptors (Lipinski definition) is 8. The van der Waals surface area contributed by atoms with Gasteiger partial charge >= 0.3 is 11.9 Å². The predicted molar refractivity (Wildman–Crippen MR) is 124 cm³/mol. The number of pyridine rings is 1. The van der Waals surface area contributed by atoms with Gasteiger partial charge < -0.3 is 24.6 Å². The summed E-state index contributed by atoms with van der Waals surface area (Å²) >= 11 is 0. The van der Waals surface area contributed by atoms with Gasteiger partial charge in [-0.25, -0.2) is 14.6 Å². The third kappa shape index (κ3) is 4.17. The van der Waals surface area contributed by atoms with Gasteiger partial charge in [-0.1, -0.05) is 17.7 Å². The number of aromatic hydroxyl groups is 1. The molecule has 0 bridgehead atoms. The van der Waals surface area contributed by atoms with Gasteiger partial charge in [-0.05, 0) is 49.1 Å². The largest absolute Gasteiger partial charge is 0.493 e. The molecule has 3 heterocycles. The van der Waals surface area contributed by atoms with Gasteiger partial charge in [0.05, 0.1) is 36.5 Å². The molecular formula is C26H28N2O6. The molecule has 0 aliphatic carbocycles. The Morgan fingerprint density at radius 3 is 2.53 bits per heavy atom. The second-order valence-corrected chi connectivity index (χ2v) is 8.62. The maximum Gasteiger partial charge on any atom is 0.337 e. The summed E-state index contributed by atoms with van der Waals surface area (Å²) in [5, 5.41) is 13.3. The summed E-state index contributed by atoms with van der Waals surface area (Å²) in [5.41, 5.74) is 6.43. The molecular weight excluding hydrogens is 436 g/mol. The Hall–Kier alpha value is -3.65. The van der Waals surface area contributed by atoms with Gasteiger partial charge in [-0.15, -0.1) is 0 Å². The second kappa shape index (κ2) is 9.30. The normalized spacial score (nSPS) is 20.0. The number of aryl methyl sites for hydroxylation is 3. The van der Waals surface area contributed by atoms with Crippen LogP contribution < -0.4 is 5.32 Å². The fourth-order valence-electron chi connectivity index (χ4n) is 5.05. The van der Waals surface area contributed by atoms with Gasteiger partial charge in [-0.2, -0.15) is 0 Å². The van der Waals surface area contributed by atoms with Crippen molar-refractivity contribution in [2.24, 2.45) is 0 Å². The van der Waals surface area contributed by atoms with Gasteiger partial charge in [-0.3, -0.25) is 0 Å². The lowest BCUT2D eigenvalue weighted by molar-refractivity contribution is -0.147. The van der Waals surface area contributed by atoms with E-state index in [0.717, 1.165) is 22.3 Å². The Morgan fingerprint density at radius 1 is 1.21 bits per heavy atom. The molecule has 2 unspecified atom stereocenters. The van der Waals surface area contributed by atoms with E-state index in [0.29, 0.717) is 29.0 Å². The molecule has 8 nitrogen and oxygen atoms in total. The molecule has 8 heteroatoms. The molecule has 0 spiro atoms. The van der Waals surface area contributed by atoms with Gasteiger partial charge in [0.25, 0.3) is 0 Å². The van der Waals surface area contributed by atoms with E-state index in [9.17, 15) is 14.7 Å². The van der Waals surface area contributed by atoms with Crippen molar-refractivity contribution in [2.45, 2.75) is 39.2 Å². The highest BCUT2D eigenvalue weighted by atomic mass is 16.5. The molecule has 34 heavy (non-hydrogen) atoms. The monoisotopic (exact) mass is 464 g/mol. The minimum atomic E-state index is -0.809. The van der Waals surface area contributed by atoms with Crippen LogP contribution in [0.3, 0.4) is 0 Å². The molecule has 178 valence electrons. The van der Waals surface area contributed by atoms with Gasteiger partial charge in [0.2, 0.25) is 5.88 Å². The third-order valence-electron chi connectivity index (χ3n) is 6.24. The molecule has 0 fully saturated rings. The van der Waals surface area contributed by atoms with Crippen LogP contribution in [0.25, 0.3) is 0 Å². The number of nitrogens with zero attached hydrogens (tertiary/aromatic N) is 1. The first kappa shape index (κ1) is 23.5. The topological polar surface area (TPSA) is 107 Å². The molecule has 4 rings (SSSR count). The number of esters is 2. The van der Waals surface area contributed by atoms with E-state index in [1.807, 2.05) is 20.8 Å². The standard InChI is InChI=1S/C26H28N2O6/c1-13-8-14(2)21(15(3)9-13)19-11-17-23(26(31)34-19)22(16-6-7-27-20(29)10-16)24(25(30)33-5)18(28-17)12-32-4/h6-10,19,22,28H,11-12H2,1-5H3,(H,27,29). The Labute approximate surface area is 198 Å². The number of cyclic esters (lactones) is 1. The van der Waals surface area contributed by atoms with Crippen molar-refractivity contribution in [3.05, 3.63) is 80.8 Å². The van der Waals surface area contributed by atoms with E-state index in [2.05, 4.69) is 22.4 Å². The first-order chi connectivity index (χ1) is 16.2. The fourth-order valence-corrected chi connectivity index (χ4v) is 5.05. The van der Waals surface area contributed by atoms with Crippen molar-refractivity contribution in [3.8, 4) is 5.88 Å². The molecule has 1 aromatic heterocycles. The average Bonchev–Trinajstić information content (AvgIpc) is 2.77. The molecule has 2 aliphatic rings. The van der Waals surface area contributed by atoms with Crippen LogP contribution in [0.4, 0.5) is 0 Å². The van der Waals surface area contributed by atoms with Crippen LogP contribution in [-0.4, -0.2) is 42.9 Å².